The summed E-state index contributed by atoms with van der Waals surface area (Å²) in [6.45, 7) is 3.77. The van der Waals surface area contributed by atoms with E-state index in [1.165, 1.54) is 12.1 Å². The van der Waals surface area contributed by atoms with Gasteiger partial charge in [0.15, 0.2) is 0 Å². The molecule has 0 radical (unpaired) electrons. The number of rotatable bonds is 3. The van der Waals surface area contributed by atoms with Gasteiger partial charge in [-0.05, 0) is 37.5 Å². The fourth-order valence-electron chi connectivity index (χ4n) is 2.57. The van der Waals surface area contributed by atoms with Crippen LogP contribution in [0.5, 0.6) is 0 Å². The molecule has 0 bridgehead atoms. The van der Waals surface area contributed by atoms with Crippen LogP contribution in [0.15, 0.2) is 23.1 Å². The standard InChI is InChI=1S/C14H20N2O3S/c1-10-5-6-11(20(15,18)19)9-12(10)16-13(17)14(2)7-3-4-8-14/h5-6,9H,3-4,7-8H2,1-2H3,(H,16,17)(H2,15,18,19). The van der Waals surface area contributed by atoms with Crippen molar-refractivity contribution in [2.45, 2.75) is 44.4 Å². The smallest absolute Gasteiger partial charge is 0.238 e. The Morgan fingerprint density at radius 3 is 2.45 bits per heavy atom. The number of carbonyl (C=O) groups is 1. The van der Waals surface area contributed by atoms with Crippen molar-refractivity contribution in [1.82, 2.24) is 0 Å². The highest BCUT2D eigenvalue weighted by molar-refractivity contribution is 7.89. The van der Waals surface area contributed by atoms with Crippen LogP contribution in [0.3, 0.4) is 0 Å². The number of primary sulfonamides is 1. The van der Waals surface area contributed by atoms with Gasteiger partial charge in [0.1, 0.15) is 0 Å². The van der Waals surface area contributed by atoms with E-state index < -0.39 is 10.0 Å². The molecular weight excluding hydrogens is 276 g/mol. The molecule has 1 aromatic rings. The number of anilines is 1. The van der Waals surface area contributed by atoms with Gasteiger partial charge in [0.25, 0.3) is 0 Å². The van der Waals surface area contributed by atoms with Crippen LogP contribution in [-0.2, 0) is 14.8 Å². The molecule has 5 nitrogen and oxygen atoms in total. The highest BCUT2D eigenvalue weighted by Crippen LogP contribution is 2.38. The van der Waals surface area contributed by atoms with Crippen molar-refractivity contribution in [3.8, 4) is 0 Å². The molecule has 0 heterocycles. The van der Waals surface area contributed by atoms with E-state index in [-0.39, 0.29) is 16.2 Å². The van der Waals surface area contributed by atoms with Gasteiger partial charge in [0.05, 0.1) is 4.90 Å². The first kappa shape index (κ1) is 15.0. The number of sulfonamides is 1. The summed E-state index contributed by atoms with van der Waals surface area (Å²) in [5, 5.41) is 7.96. The van der Waals surface area contributed by atoms with E-state index in [0.29, 0.717) is 5.69 Å². The summed E-state index contributed by atoms with van der Waals surface area (Å²) in [4.78, 5) is 12.4. The Morgan fingerprint density at radius 2 is 1.90 bits per heavy atom. The Morgan fingerprint density at radius 1 is 1.30 bits per heavy atom. The third-order valence-electron chi connectivity index (χ3n) is 4.04. The van der Waals surface area contributed by atoms with Crippen molar-refractivity contribution in [2.75, 3.05) is 5.32 Å². The summed E-state index contributed by atoms with van der Waals surface area (Å²) >= 11 is 0. The van der Waals surface area contributed by atoms with Gasteiger partial charge in [0, 0.05) is 11.1 Å². The summed E-state index contributed by atoms with van der Waals surface area (Å²) in [5.41, 5.74) is 0.964. The van der Waals surface area contributed by atoms with Crippen molar-refractivity contribution in [3.63, 3.8) is 0 Å². The number of hydrogen-bond donors (Lipinski definition) is 2. The zero-order valence-electron chi connectivity index (χ0n) is 11.8. The fraction of sp³-hybridized carbons (Fsp3) is 0.500. The zero-order chi connectivity index (χ0) is 15.0. The van der Waals surface area contributed by atoms with Crippen LogP contribution in [0.4, 0.5) is 5.69 Å². The molecule has 0 unspecified atom stereocenters. The van der Waals surface area contributed by atoms with Crippen LogP contribution in [0.2, 0.25) is 0 Å². The number of nitrogens with two attached hydrogens (primary N) is 1. The number of hydrogen-bond acceptors (Lipinski definition) is 3. The van der Waals surface area contributed by atoms with Gasteiger partial charge in [-0.25, -0.2) is 13.6 Å². The molecule has 20 heavy (non-hydrogen) atoms. The summed E-state index contributed by atoms with van der Waals surface area (Å²) in [6.07, 6.45) is 3.85. The van der Waals surface area contributed by atoms with Gasteiger partial charge in [-0.15, -0.1) is 0 Å². The molecule has 6 heteroatoms. The average Bonchev–Trinajstić information content (AvgIpc) is 2.79. The Balaban J connectivity index is 2.27. The van der Waals surface area contributed by atoms with Crippen LogP contribution in [0.25, 0.3) is 0 Å². The largest absolute Gasteiger partial charge is 0.325 e. The number of carbonyl (C=O) groups excluding carboxylic acids is 1. The van der Waals surface area contributed by atoms with Crippen molar-refractivity contribution in [2.24, 2.45) is 10.6 Å². The van der Waals surface area contributed by atoms with Crippen LogP contribution in [0.1, 0.15) is 38.2 Å². The third-order valence-corrected chi connectivity index (χ3v) is 4.95. The Hall–Kier alpha value is -1.40. The van der Waals surface area contributed by atoms with Crippen molar-refractivity contribution >= 4 is 21.6 Å². The van der Waals surface area contributed by atoms with E-state index in [2.05, 4.69) is 5.32 Å². The van der Waals surface area contributed by atoms with Crippen molar-refractivity contribution in [3.05, 3.63) is 23.8 Å². The molecular formula is C14H20N2O3S. The first-order valence-corrected chi connectivity index (χ1v) is 8.22. The first-order valence-electron chi connectivity index (χ1n) is 6.67. The minimum absolute atomic E-state index is 0.00924. The van der Waals surface area contributed by atoms with E-state index in [0.717, 1.165) is 31.2 Å². The molecule has 0 aliphatic heterocycles. The Bertz CT molecular complexity index is 632. The normalized spacial score (nSPS) is 17.9. The van der Waals surface area contributed by atoms with Crippen LogP contribution >= 0.6 is 0 Å². The quantitative estimate of drug-likeness (QED) is 0.895. The van der Waals surface area contributed by atoms with E-state index in [9.17, 15) is 13.2 Å². The molecule has 2 rings (SSSR count). The predicted molar refractivity (Wildman–Crippen MR) is 77.8 cm³/mol. The molecule has 1 aromatic carbocycles. The second-order valence-corrected chi connectivity index (χ2v) is 7.31. The van der Waals surface area contributed by atoms with E-state index in [1.807, 2.05) is 13.8 Å². The predicted octanol–water partition coefficient (Wildman–Crippen LogP) is 2.16. The van der Waals surface area contributed by atoms with E-state index in [1.54, 1.807) is 6.07 Å². The summed E-state index contributed by atoms with van der Waals surface area (Å²) in [5.74, 6) is -0.0512. The third kappa shape index (κ3) is 3.02. The molecule has 0 atom stereocenters. The lowest BCUT2D eigenvalue weighted by Crippen LogP contribution is -2.31. The maximum absolute atomic E-state index is 12.4. The first-order chi connectivity index (χ1) is 9.22. The van der Waals surface area contributed by atoms with Gasteiger partial charge >= 0.3 is 0 Å². The molecule has 0 saturated heterocycles. The van der Waals surface area contributed by atoms with Gasteiger partial charge in [-0.2, -0.15) is 0 Å². The molecule has 0 spiro atoms. The number of nitrogens with one attached hydrogen (secondary N) is 1. The van der Waals surface area contributed by atoms with Gasteiger partial charge < -0.3 is 5.32 Å². The molecule has 1 aliphatic rings. The molecule has 1 fully saturated rings. The monoisotopic (exact) mass is 296 g/mol. The highest BCUT2D eigenvalue weighted by atomic mass is 32.2. The van der Waals surface area contributed by atoms with Crippen molar-refractivity contribution in [1.29, 1.82) is 0 Å². The minimum Gasteiger partial charge on any atom is -0.325 e. The summed E-state index contributed by atoms with van der Waals surface area (Å²) in [7, 11) is -3.76. The molecule has 110 valence electrons. The lowest BCUT2D eigenvalue weighted by atomic mass is 9.87. The SMILES string of the molecule is Cc1ccc(S(N)(=O)=O)cc1NC(=O)C1(C)CCCC1. The lowest BCUT2D eigenvalue weighted by Gasteiger charge is -2.23. The highest BCUT2D eigenvalue weighted by Gasteiger charge is 2.36. The zero-order valence-corrected chi connectivity index (χ0v) is 12.6. The molecule has 1 aliphatic carbocycles. The fourth-order valence-corrected chi connectivity index (χ4v) is 3.11. The molecule has 1 saturated carbocycles. The summed E-state index contributed by atoms with van der Waals surface area (Å²) in [6, 6.07) is 4.50. The Kier molecular flexibility index (Phi) is 3.88. The number of amides is 1. The lowest BCUT2D eigenvalue weighted by molar-refractivity contribution is -0.124. The maximum Gasteiger partial charge on any atom is 0.238 e. The van der Waals surface area contributed by atoms with Gasteiger partial charge in [0.2, 0.25) is 15.9 Å². The minimum atomic E-state index is -3.76. The number of aryl methyl sites for hydroxylation is 1. The van der Waals surface area contributed by atoms with Crippen molar-refractivity contribution < 1.29 is 13.2 Å². The van der Waals surface area contributed by atoms with E-state index in [4.69, 9.17) is 5.14 Å². The second kappa shape index (κ2) is 5.18. The summed E-state index contributed by atoms with van der Waals surface area (Å²) < 4.78 is 22.7. The average molecular weight is 296 g/mol. The van der Waals surface area contributed by atoms with Crippen LogP contribution in [0, 0.1) is 12.3 Å². The number of benzene rings is 1. The molecule has 3 N–H and O–H groups in total. The van der Waals surface area contributed by atoms with Gasteiger partial charge in [-0.1, -0.05) is 25.8 Å². The molecule has 1 amide bonds. The van der Waals surface area contributed by atoms with E-state index >= 15 is 0 Å². The topological polar surface area (TPSA) is 89.3 Å². The second-order valence-electron chi connectivity index (χ2n) is 5.74. The van der Waals surface area contributed by atoms with Gasteiger partial charge in [-0.3, -0.25) is 4.79 Å². The van der Waals surface area contributed by atoms with Crippen LogP contribution < -0.4 is 10.5 Å². The van der Waals surface area contributed by atoms with Crippen LogP contribution in [-0.4, -0.2) is 14.3 Å². The Labute approximate surface area is 119 Å². The molecule has 0 aromatic heterocycles. The maximum atomic E-state index is 12.4.